The Hall–Kier alpha value is -2.48. The zero-order valence-corrected chi connectivity index (χ0v) is 15.1. The van der Waals surface area contributed by atoms with E-state index in [1.807, 2.05) is 24.3 Å². The van der Waals surface area contributed by atoms with Crippen molar-refractivity contribution in [1.82, 2.24) is 19.6 Å². The summed E-state index contributed by atoms with van der Waals surface area (Å²) in [6, 6.07) is 7.46. The van der Waals surface area contributed by atoms with Gasteiger partial charge in [-0.15, -0.1) is 0 Å². The van der Waals surface area contributed by atoms with Crippen LogP contribution in [0.5, 0.6) is 5.75 Å². The summed E-state index contributed by atoms with van der Waals surface area (Å²) in [5.41, 5.74) is 0.776. The summed E-state index contributed by atoms with van der Waals surface area (Å²) in [7, 11) is 0. The first kappa shape index (κ1) is 17.9. The normalized spacial score (nSPS) is 16.4. The van der Waals surface area contributed by atoms with Crippen molar-refractivity contribution in [3.05, 3.63) is 42.2 Å². The van der Waals surface area contributed by atoms with Gasteiger partial charge in [0.05, 0.1) is 18.6 Å². The number of rotatable bonds is 6. The van der Waals surface area contributed by atoms with Crippen molar-refractivity contribution in [2.24, 2.45) is 0 Å². The molecule has 1 aliphatic heterocycles. The predicted octanol–water partition coefficient (Wildman–Crippen LogP) is 3.64. The fourth-order valence-electron chi connectivity index (χ4n) is 3.58. The number of alkyl halides is 2. The fraction of sp³-hybridized carbons (Fsp3) is 0.474. The molecule has 27 heavy (non-hydrogen) atoms. The molecule has 0 N–H and O–H groups in total. The number of fused-ring (bicyclic) bond motifs is 1. The van der Waals surface area contributed by atoms with Crippen LogP contribution in [0.4, 0.5) is 8.78 Å². The van der Waals surface area contributed by atoms with E-state index in [0.717, 1.165) is 42.6 Å². The Balaban J connectivity index is 1.38. The van der Waals surface area contributed by atoms with E-state index in [9.17, 15) is 8.78 Å². The first-order valence-electron chi connectivity index (χ1n) is 9.12. The lowest BCUT2D eigenvalue weighted by atomic mass is 10.1. The Morgan fingerprint density at radius 2 is 2.07 bits per heavy atom. The molecular weight excluding hydrogens is 354 g/mol. The maximum Gasteiger partial charge on any atom is 0.256 e. The van der Waals surface area contributed by atoms with E-state index in [1.165, 1.54) is 0 Å². The summed E-state index contributed by atoms with van der Waals surface area (Å²) >= 11 is 0. The second kappa shape index (κ2) is 7.64. The molecule has 1 saturated heterocycles. The van der Waals surface area contributed by atoms with Crippen LogP contribution in [-0.4, -0.2) is 45.2 Å². The molecular formula is C19H22F2N4O2. The van der Waals surface area contributed by atoms with E-state index in [-0.39, 0.29) is 12.6 Å². The molecule has 4 rings (SSSR count). The lowest BCUT2D eigenvalue weighted by Crippen LogP contribution is -2.38. The standard InChI is InChI=1S/C19H22F2N4O2/c1-13-22-19(23-27-13)12-24-8-5-14(6-9-24)26-17-4-2-3-16-15(17)7-10-25(16)11-18(20)21/h2-4,7,10,14,18H,5-6,8-9,11-12H2,1H3. The summed E-state index contributed by atoms with van der Waals surface area (Å²) in [4.78, 5) is 6.52. The van der Waals surface area contributed by atoms with Gasteiger partial charge in [-0.3, -0.25) is 4.90 Å². The van der Waals surface area contributed by atoms with Crippen LogP contribution in [0.15, 0.2) is 35.0 Å². The molecule has 0 bridgehead atoms. The Bertz CT molecular complexity index is 900. The first-order valence-corrected chi connectivity index (χ1v) is 9.12. The molecule has 0 saturated carbocycles. The summed E-state index contributed by atoms with van der Waals surface area (Å²) in [5, 5.41) is 4.82. The number of halogens is 2. The zero-order valence-electron chi connectivity index (χ0n) is 15.1. The molecule has 1 aromatic carbocycles. The van der Waals surface area contributed by atoms with E-state index in [0.29, 0.717) is 18.3 Å². The van der Waals surface area contributed by atoms with Crippen LogP contribution in [0, 0.1) is 6.92 Å². The molecule has 0 unspecified atom stereocenters. The van der Waals surface area contributed by atoms with E-state index in [2.05, 4.69) is 15.0 Å². The zero-order chi connectivity index (χ0) is 18.8. The van der Waals surface area contributed by atoms with Crippen LogP contribution in [-0.2, 0) is 13.1 Å². The average molecular weight is 376 g/mol. The van der Waals surface area contributed by atoms with Crippen molar-refractivity contribution in [1.29, 1.82) is 0 Å². The number of nitrogens with zero attached hydrogens (tertiary/aromatic N) is 4. The maximum absolute atomic E-state index is 12.7. The van der Waals surface area contributed by atoms with E-state index in [1.54, 1.807) is 17.7 Å². The molecule has 3 aromatic rings. The summed E-state index contributed by atoms with van der Waals surface area (Å²) in [6.45, 7) is 3.93. The molecule has 3 heterocycles. The van der Waals surface area contributed by atoms with E-state index < -0.39 is 6.43 Å². The smallest absolute Gasteiger partial charge is 0.256 e. The fourth-order valence-corrected chi connectivity index (χ4v) is 3.58. The molecule has 1 aliphatic rings. The van der Waals surface area contributed by atoms with Gasteiger partial charge in [0, 0.05) is 31.6 Å². The number of hydrogen-bond donors (Lipinski definition) is 0. The highest BCUT2D eigenvalue weighted by atomic mass is 19.3. The highest BCUT2D eigenvalue weighted by Gasteiger charge is 2.22. The van der Waals surface area contributed by atoms with Crippen molar-refractivity contribution < 1.29 is 18.0 Å². The number of likely N-dealkylation sites (tertiary alicyclic amines) is 1. The van der Waals surface area contributed by atoms with Gasteiger partial charge in [0.25, 0.3) is 6.43 Å². The predicted molar refractivity (Wildman–Crippen MR) is 95.9 cm³/mol. The summed E-state index contributed by atoms with van der Waals surface area (Å²) < 4.78 is 38.2. The molecule has 8 heteroatoms. The van der Waals surface area contributed by atoms with Gasteiger partial charge in [0.1, 0.15) is 11.9 Å². The lowest BCUT2D eigenvalue weighted by molar-refractivity contribution is 0.0960. The van der Waals surface area contributed by atoms with Crippen LogP contribution < -0.4 is 4.74 Å². The molecule has 0 spiro atoms. The van der Waals surface area contributed by atoms with E-state index in [4.69, 9.17) is 9.26 Å². The minimum atomic E-state index is -2.38. The average Bonchev–Trinajstić information content (AvgIpc) is 3.23. The number of piperidine rings is 1. The lowest BCUT2D eigenvalue weighted by Gasteiger charge is -2.31. The molecule has 2 aromatic heterocycles. The van der Waals surface area contributed by atoms with Gasteiger partial charge < -0.3 is 13.8 Å². The minimum absolute atomic E-state index is 0.109. The third-order valence-corrected chi connectivity index (χ3v) is 4.87. The van der Waals surface area contributed by atoms with Gasteiger partial charge in [-0.1, -0.05) is 11.2 Å². The molecule has 0 radical (unpaired) electrons. The number of aromatic nitrogens is 3. The van der Waals surface area contributed by atoms with Crippen LogP contribution in [0.2, 0.25) is 0 Å². The van der Waals surface area contributed by atoms with Gasteiger partial charge >= 0.3 is 0 Å². The van der Waals surface area contributed by atoms with Crippen LogP contribution in [0.25, 0.3) is 10.9 Å². The summed E-state index contributed by atoms with van der Waals surface area (Å²) in [6.07, 6.45) is 1.21. The largest absolute Gasteiger partial charge is 0.490 e. The highest BCUT2D eigenvalue weighted by Crippen LogP contribution is 2.29. The second-order valence-electron chi connectivity index (χ2n) is 6.87. The van der Waals surface area contributed by atoms with Gasteiger partial charge in [0.2, 0.25) is 5.89 Å². The number of hydrogen-bond acceptors (Lipinski definition) is 5. The Morgan fingerprint density at radius 1 is 1.26 bits per heavy atom. The van der Waals surface area contributed by atoms with Crippen molar-refractivity contribution in [3.8, 4) is 5.75 Å². The topological polar surface area (TPSA) is 56.3 Å². The third kappa shape index (κ3) is 4.10. The molecule has 0 aliphatic carbocycles. The van der Waals surface area contributed by atoms with Gasteiger partial charge in [-0.2, -0.15) is 4.98 Å². The van der Waals surface area contributed by atoms with Gasteiger partial charge in [0.15, 0.2) is 5.82 Å². The van der Waals surface area contributed by atoms with Crippen molar-refractivity contribution in [3.63, 3.8) is 0 Å². The number of aryl methyl sites for hydroxylation is 1. The van der Waals surface area contributed by atoms with Crippen molar-refractivity contribution in [2.75, 3.05) is 13.1 Å². The molecule has 0 atom stereocenters. The molecule has 144 valence electrons. The second-order valence-corrected chi connectivity index (χ2v) is 6.87. The Kier molecular flexibility index (Phi) is 5.07. The van der Waals surface area contributed by atoms with Gasteiger partial charge in [-0.05, 0) is 31.0 Å². The molecule has 0 amide bonds. The SMILES string of the molecule is Cc1nc(CN2CCC(Oc3cccc4c3ccn4CC(F)F)CC2)no1. The van der Waals surface area contributed by atoms with Crippen molar-refractivity contribution in [2.45, 2.75) is 45.4 Å². The monoisotopic (exact) mass is 376 g/mol. The molecule has 6 nitrogen and oxygen atoms in total. The van der Waals surface area contributed by atoms with Crippen LogP contribution in [0.1, 0.15) is 24.6 Å². The van der Waals surface area contributed by atoms with E-state index >= 15 is 0 Å². The Labute approximate surface area is 155 Å². The van der Waals surface area contributed by atoms with Crippen LogP contribution >= 0.6 is 0 Å². The highest BCUT2D eigenvalue weighted by molar-refractivity contribution is 5.86. The maximum atomic E-state index is 12.7. The third-order valence-electron chi connectivity index (χ3n) is 4.87. The minimum Gasteiger partial charge on any atom is -0.490 e. The van der Waals surface area contributed by atoms with Crippen molar-refractivity contribution >= 4 is 10.9 Å². The molecule has 1 fully saturated rings. The van der Waals surface area contributed by atoms with Gasteiger partial charge in [-0.25, -0.2) is 8.78 Å². The quantitative estimate of drug-likeness (QED) is 0.657. The van der Waals surface area contributed by atoms with Crippen LogP contribution in [0.3, 0.4) is 0 Å². The number of benzene rings is 1. The first-order chi connectivity index (χ1) is 13.1. The summed E-state index contributed by atoms with van der Waals surface area (Å²) in [5.74, 6) is 2.04. The number of ether oxygens (including phenoxy) is 1. The Morgan fingerprint density at radius 3 is 2.78 bits per heavy atom.